The predicted molar refractivity (Wildman–Crippen MR) is 79.1 cm³/mol. The van der Waals surface area contributed by atoms with E-state index in [1.54, 1.807) is 0 Å². The van der Waals surface area contributed by atoms with Crippen LogP contribution in [0.2, 0.25) is 0 Å². The summed E-state index contributed by atoms with van der Waals surface area (Å²) in [6.45, 7) is 2.96. The van der Waals surface area contributed by atoms with Crippen molar-refractivity contribution in [3.8, 4) is 5.75 Å². The van der Waals surface area contributed by atoms with Crippen molar-refractivity contribution in [1.29, 1.82) is 0 Å². The van der Waals surface area contributed by atoms with Crippen LogP contribution in [-0.2, 0) is 5.75 Å². The highest BCUT2D eigenvalue weighted by Crippen LogP contribution is 2.18. The van der Waals surface area contributed by atoms with Gasteiger partial charge in [-0.3, -0.25) is 0 Å². The molecule has 0 amide bonds. The molecule has 0 N–H and O–H groups in total. The van der Waals surface area contributed by atoms with Gasteiger partial charge in [0.1, 0.15) is 5.75 Å². The number of thioether (sulfide) groups is 1. The minimum atomic E-state index is 0.491. The van der Waals surface area contributed by atoms with Crippen molar-refractivity contribution in [2.75, 3.05) is 6.61 Å². The molecule has 1 nitrogen and oxygen atoms in total. The van der Waals surface area contributed by atoms with Gasteiger partial charge in [0, 0.05) is 11.0 Å². The molecule has 1 atom stereocenters. The summed E-state index contributed by atoms with van der Waals surface area (Å²) in [7, 11) is 0. The van der Waals surface area contributed by atoms with Crippen molar-refractivity contribution < 1.29 is 4.74 Å². The molecule has 0 saturated carbocycles. The lowest BCUT2D eigenvalue weighted by Crippen LogP contribution is -2.10. The summed E-state index contributed by atoms with van der Waals surface area (Å²) >= 11 is 1.92. The quantitative estimate of drug-likeness (QED) is 0.760. The number of hydrogen-bond acceptors (Lipinski definition) is 2. The molecule has 18 heavy (non-hydrogen) atoms. The summed E-state index contributed by atoms with van der Waals surface area (Å²) in [5.41, 5.74) is 1.37. The van der Waals surface area contributed by atoms with Gasteiger partial charge in [-0.2, -0.15) is 11.8 Å². The van der Waals surface area contributed by atoms with Gasteiger partial charge in [-0.05, 0) is 24.6 Å². The topological polar surface area (TPSA) is 9.23 Å². The smallest absolute Gasteiger partial charge is 0.119 e. The molecule has 2 rings (SSSR count). The zero-order valence-corrected chi connectivity index (χ0v) is 11.4. The Labute approximate surface area is 113 Å². The van der Waals surface area contributed by atoms with E-state index in [0.29, 0.717) is 5.25 Å². The average molecular weight is 258 g/mol. The number of benzene rings is 2. The summed E-state index contributed by atoms with van der Waals surface area (Å²) in [6, 6.07) is 20.5. The van der Waals surface area contributed by atoms with Crippen LogP contribution >= 0.6 is 11.8 Å². The lowest BCUT2D eigenvalue weighted by Gasteiger charge is -2.12. The van der Waals surface area contributed by atoms with Crippen LogP contribution in [0.25, 0.3) is 0 Å². The van der Waals surface area contributed by atoms with Gasteiger partial charge in [-0.15, -0.1) is 0 Å². The van der Waals surface area contributed by atoms with Crippen LogP contribution in [0.1, 0.15) is 12.5 Å². The average Bonchev–Trinajstić information content (AvgIpc) is 2.45. The first-order chi connectivity index (χ1) is 8.84. The third-order valence-corrected chi connectivity index (χ3v) is 3.81. The van der Waals surface area contributed by atoms with E-state index in [9.17, 15) is 0 Å². The van der Waals surface area contributed by atoms with Crippen molar-refractivity contribution in [1.82, 2.24) is 0 Å². The fraction of sp³-hybridized carbons (Fsp3) is 0.250. The number of ether oxygens (including phenoxy) is 1. The standard InChI is InChI=1S/C16H18OS/c1-14(12-17-16-10-6-3-7-11-16)18-13-15-8-4-2-5-9-15/h2-11,14H,12-13H2,1H3. The van der Waals surface area contributed by atoms with Crippen LogP contribution in [0, 0.1) is 0 Å². The van der Waals surface area contributed by atoms with Gasteiger partial charge in [0.15, 0.2) is 0 Å². The molecule has 0 bridgehead atoms. The predicted octanol–water partition coefficient (Wildman–Crippen LogP) is 4.39. The minimum Gasteiger partial charge on any atom is -0.492 e. The Kier molecular flexibility index (Phi) is 5.15. The Morgan fingerprint density at radius 2 is 1.56 bits per heavy atom. The highest BCUT2D eigenvalue weighted by Gasteiger charge is 2.04. The van der Waals surface area contributed by atoms with E-state index in [0.717, 1.165) is 18.1 Å². The second kappa shape index (κ2) is 7.12. The summed E-state index contributed by atoms with van der Waals surface area (Å²) < 4.78 is 5.74. The first kappa shape index (κ1) is 13.0. The molecule has 0 heterocycles. The molecular weight excluding hydrogens is 240 g/mol. The molecule has 0 aliphatic heterocycles. The van der Waals surface area contributed by atoms with E-state index in [4.69, 9.17) is 4.74 Å². The Hall–Kier alpha value is -1.41. The second-order valence-electron chi connectivity index (χ2n) is 4.23. The monoisotopic (exact) mass is 258 g/mol. The van der Waals surface area contributed by atoms with Gasteiger partial charge < -0.3 is 4.74 Å². The van der Waals surface area contributed by atoms with E-state index in [1.165, 1.54) is 5.56 Å². The maximum atomic E-state index is 5.74. The summed E-state index contributed by atoms with van der Waals surface area (Å²) in [5, 5.41) is 0.491. The van der Waals surface area contributed by atoms with Crippen LogP contribution in [0.15, 0.2) is 60.7 Å². The third-order valence-electron chi connectivity index (χ3n) is 2.61. The largest absolute Gasteiger partial charge is 0.492 e. The van der Waals surface area contributed by atoms with Gasteiger partial charge >= 0.3 is 0 Å². The molecule has 0 radical (unpaired) electrons. The highest BCUT2D eigenvalue weighted by atomic mass is 32.2. The number of para-hydroxylation sites is 1. The normalized spacial score (nSPS) is 12.1. The van der Waals surface area contributed by atoms with E-state index in [1.807, 2.05) is 42.1 Å². The first-order valence-electron chi connectivity index (χ1n) is 6.18. The fourth-order valence-electron chi connectivity index (χ4n) is 1.59. The molecule has 0 aliphatic rings. The van der Waals surface area contributed by atoms with Crippen LogP contribution in [0.3, 0.4) is 0 Å². The lowest BCUT2D eigenvalue weighted by atomic mass is 10.2. The molecule has 0 spiro atoms. The Balaban J connectivity index is 1.71. The lowest BCUT2D eigenvalue weighted by molar-refractivity contribution is 0.322. The molecule has 94 valence electrons. The fourth-order valence-corrected chi connectivity index (χ4v) is 2.42. The van der Waals surface area contributed by atoms with Crippen LogP contribution < -0.4 is 4.74 Å². The molecule has 2 aromatic carbocycles. The van der Waals surface area contributed by atoms with E-state index < -0.39 is 0 Å². The molecule has 0 fully saturated rings. The molecule has 1 unspecified atom stereocenters. The van der Waals surface area contributed by atoms with E-state index >= 15 is 0 Å². The van der Waals surface area contributed by atoms with Crippen LogP contribution in [-0.4, -0.2) is 11.9 Å². The van der Waals surface area contributed by atoms with Crippen LogP contribution in [0.4, 0.5) is 0 Å². The van der Waals surface area contributed by atoms with Crippen molar-refractivity contribution in [2.24, 2.45) is 0 Å². The zero-order valence-electron chi connectivity index (χ0n) is 10.6. The maximum Gasteiger partial charge on any atom is 0.119 e. The molecule has 2 heteroatoms. The number of hydrogen-bond donors (Lipinski definition) is 0. The van der Waals surface area contributed by atoms with Crippen molar-refractivity contribution >= 4 is 11.8 Å². The Morgan fingerprint density at radius 3 is 2.22 bits per heavy atom. The highest BCUT2D eigenvalue weighted by molar-refractivity contribution is 7.99. The van der Waals surface area contributed by atoms with Crippen LogP contribution in [0.5, 0.6) is 5.75 Å². The Bertz CT molecular complexity index is 398. The number of rotatable bonds is 6. The Morgan fingerprint density at radius 1 is 0.944 bits per heavy atom. The summed E-state index contributed by atoms with van der Waals surface area (Å²) in [4.78, 5) is 0. The summed E-state index contributed by atoms with van der Waals surface area (Å²) in [6.07, 6.45) is 0. The zero-order chi connectivity index (χ0) is 12.6. The molecule has 0 aliphatic carbocycles. The molecule has 0 aromatic heterocycles. The first-order valence-corrected chi connectivity index (χ1v) is 7.23. The van der Waals surface area contributed by atoms with Crippen molar-refractivity contribution in [2.45, 2.75) is 17.9 Å². The van der Waals surface area contributed by atoms with Crippen molar-refractivity contribution in [3.05, 3.63) is 66.2 Å². The van der Waals surface area contributed by atoms with Crippen molar-refractivity contribution in [3.63, 3.8) is 0 Å². The molecule has 0 saturated heterocycles. The third kappa shape index (κ3) is 4.46. The van der Waals surface area contributed by atoms with E-state index in [-0.39, 0.29) is 0 Å². The minimum absolute atomic E-state index is 0.491. The van der Waals surface area contributed by atoms with Gasteiger partial charge in [0.05, 0.1) is 6.61 Å². The second-order valence-corrected chi connectivity index (χ2v) is 5.66. The molecule has 2 aromatic rings. The van der Waals surface area contributed by atoms with Gasteiger partial charge in [-0.25, -0.2) is 0 Å². The SMILES string of the molecule is CC(COc1ccccc1)SCc1ccccc1. The van der Waals surface area contributed by atoms with Gasteiger partial charge in [0.2, 0.25) is 0 Å². The van der Waals surface area contributed by atoms with Gasteiger partial charge in [0.25, 0.3) is 0 Å². The molecular formula is C16H18OS. The van der Waals surface area contributed by atoms with E-state index in [2.05, 4.69) is 37.3 Å². The summed E-state index contributed by atoms with van der Waals surface area (Å²) in [5.74, 6) is 1.99. The maximum absolute atomic E-state index is 5.74. The van der Waals surface area contributed by atoms with Gasteiger partial charge in [-0.1, -0.05) is 48.5 Å².